The number of hydrogen-bond donors (Lipinski definition) is 2. The molecule has 8 nitrogen and oxygen atoms in total. The van der Waals surface area contributed by atoms with E-state index in [1.165, 1.54) is 0 Å². The first kappa shape index (κ1) is 23.8. The van der Waals surface area contributed by atoms with E-state index in [1.54, 1.807) is 6.92 Å². The van der Waals surface area contributed by atoms with Gasteiger partial charge in [0.25, 0.3) is 0 Å². The van der Waals surface area contributed by atoms with Crippen molar-refractivity contribution in [2.24, 2.45) is 0 Å². The molecule has 0 aliphatic carbocycles. The Morgan fingerprint density at radius 2 is 1.52 bits per heavy atom. The molecule has 0 aromatic carbocycles. The predicted octanol–water partition coefficient (Wildman–Crippen LogP) is 1.95. The van der Waals surface area contributed by atoms with Crippen LogP contribution in [0.4, 0.5) is 0 Å². The van der Waals surface area contributed by atoms with Crippen molar-refractivity contribution in [1.29, 1.82) is 0 Å². The minimum Gasteiger partial charge on any atom is -0.480 e. The van der Waals surface area contributed by atoms with E-state index < -0.39 is 36.9 Å². The number of rotatable bonds is 17. The molecule has 3 unspecified atom stereocenters. The first-order valence-corrected chi connectivity index (χ1v) is 8.81. The van der Waals surface area contributed by atoms with E-state index in [-0.39, 0.29) is 13.2 Å². The zero-order valence-electron chi connectivity index (χ0n) is 15.4. The molecule has 0 aliphatic heterocycles. The normalized spacial score (nSPS) is 14.8. The number of aliphatic carboxylic acids is 2. The quantitative estimate of drug-likeness (QED) is 0.377. The van der Waals surface area contributed by atoms with Crippen LogP contribution in [0.15, 0.2) is 0 Å². The van der Waals surface area contributed by atoms with Crippen LogP contribution in [-0.4, -0.2) is 73.5 Å². The Hall–Kier alpha value is -1.22. The Morgan fingerprint density at radius 1 is 0.880 bits per heavy atom. The summed E-state index contributed by atoms with van der Waals surface area (Å²) in [5, 5.41) is 18.2. The van der Waals surface area contributed by atoms with Crippen molar-refractivity contribution < 1.29 is 38.7 Å². The van der Waals surface area contributed by atoms with Crippen molar-refractivity contribution in [2.45, 2.75) is 64.8 Å². The molecular weight excluding hydrogens is 332 g/mol. The molecule has 0 bridgehead atoms. The number of carbonyl (C=O) groups is 2. The molecule has 0 amide bonds. The summed E-state index contributed by atoms with van der Waals surface area (Å²) in [6, 6.07) is 0. The monoisotopic (exact) mass is 364 g/mol. The Bertz CT molecular complexity index is 361. The molecule has 25 heavy (non-hydrogen) atoms. The zero-order valence-corrected chi connectivity index (χ0v) is 15.4. The van der Waals surface area contributed by atoms with Crippen molar-refractivity contribution in [1.82, 2.24) is 0 Å². The van der Waals surface area contributed by atoms with E-state index in [4.69, 9.17) is 24.1 Å². The molecule has 3 atom stereocenters. The van der Waals surface area contributed by atoms with E-state index in [9.17, 15) is 14.7 Å². The minimum atomic E-state index is -1.25. The zero-order chi connectivity index (χ0) is 19.1. The summed E-state index contributed by atoms with van der Waals surface area (Å²) < 4.78 is 21.6. The van der Waals surface area contributed by atoms with Crippen LogP contribution >= 0.6 is 0 Å². The molecule has 0 radical (unpaired) electrons. The molecule has 0 heterocycles. The van der Waals surface area contributed by atoms with Crippen LogP contribution in [-0.2, 0) is 28.5 Å². The van der Waals surface area contributed by atoms with Crippen molar-refractivity contribution in [2.75, 3.05) is 33.0 Å². The number of hydrogen-bond acceptors (Lipinski definition) is 6. The Kier molecular flexibility index (Phi) is 14.3. The van der Waals surface area contributed by atoms with Gasteiger partial charge in [0.1, 0.15) is 12.7 Å². The first-order valence-electron chi connectivity index (χ1n) is 8.81. The largest absolute Gasteiger partial charge is 0.480 e. The van der Waals surface area contributed by atoms with Crippen LogP contribution < -0.4 is 0 Å². The van der Waals surface area contributed by atoms with Crippen LogP contribution in [0.5, 0.6) is 0 Å². The SMILES string of the molecule is CCCCOCCOC(C(=O)O)C(OCCCC)C(C)OCC(=O)O. The van der Waals surface area contributed by atoms with Gasteiger partial charge in [0.05, 0.1) is 19.3 Å². The average molecular weight is 364 g/mol. The molecule has 8 heteroatoms. The number of unbranched alkanes of at least 4 members (excludes halogenated alkanes) is 2. The molecule has 0 spiro atoms. The minimum absolute atomic E-state index is 0.111. The average Bonchev–Trinajstić information content (AvgIpc) is 2.56. The Balaban J connectivity index is 4.66. The van der Waals surface area contributed by atoms with E-state index in [2.05, 4.69) is 6.92 Å². The van der Waals surface area contributed by atoms with Crippen LogP contribution in [0.1, 0.15) is 46.5 Å². The van der Waals surface area contributed by atoms with Gasteiger partial charge in [0.2, 0.25) is 0 Å². The highest BCUT2D eigenvalue weighted by molar-refractivity contribution is 5.73. The molecule has 0 rings (SSSR count). The molecule has 0 saturated carbocycles. The van der Waals surface area contributed by atoms with E-state index >= 15 is 0 Å². The fourth-order valence-electron chi connectivity index (χ4n) is 2.02. The van der Waals surface area contributed by atoms with Gasteiger partial charge in [-0.05, 0) is 19.8 Å². The second kappa shape index (κ2) is 15.1. The van der Waals surface area contributed by atoms with Gasteiger partial charge < -0.3 is 29.2 Å². The van der Waals surface area contributed by atoms with Crippen LogP contribution in [0.2, 0.25) is 0 Å². The van der Waals surface area contributed by atoms with E-state index in [0.717, 1.165) is 25.7 Å². The lowest BCUT2D eigenvalue weighted by molar-refractivity contribution is -0.178. The summed E-state index contributed by atoms with van der Waals surface area (Å²) >= 11 is 0. The van der Waals surface area contributed by atoms with Gasteiger partial charge in [-0.3, -0.25) is 0 Å². The number of ether oxygens (including phenoxy) is 4. The summed E-state index contributed by atoms with van der Waals surface area (Å²) in [6.45, 7) is 6.44. The lowest BCUT2D eigenvalue weighted by Gasteiger charge is -2.29. The summed E-state index contributed by atoms with van der Waals surface area (Å²) in [4.78, 5) is 22.2. The fourth-order valence-corrected chi connectivity index (χ4v) is 2.02. The summed E-state index contributed by atoms with van der Waals surface area (Å²) in [5.74, 6) is -2.31. The van der Waals surface area contributed by atoms with Crippen LogP contribution in [0.25, 0.3) is 0 Å². The second-order valence-corrected chi connectivity index (χ2v) is 5.69. The van der Waals surface area contributed by atoms with Gasteiger partial charge in [-0.25, -0.2) is 9.59 Å². The number of carboxylic acids is 2. The highest BCUT2D eigenvalue weighted by atomic mass is 16.6. The van der Waals surface area contributed by atoms with Gasteiger partial charge in [0, 0.05) is 13.2 Å². The molecule has 148 valence electrons. The summed E-state index contributed by atoms with van der Waals surface area (Å²) in [5.41, 5.74) is 0. The molecular formula is C17H32O8. The maximum Gasteiger partial charge on any atom is 0.335 e. The highest BCUT2D eigenvalue weighted by Crippen LogP contribution is 2.14. The highest BCUT2D eigenvalue weighted by Gasteiger charge is 2.35. The van der Waals surface area contributed by atoms with E-state index in [1.807, 2.05) is 6.92 Å². The van der Waals surface area contributed by atoms with Crippen molar-refractivity contribution in [3.05, 3.63) is 0 Å². The van der Waals surface area contributed by atoms with E-state index in [0.29, 0.717) is 13.2 Å². The maximum atomic E-state index is 11.6. The Labute approximate surface area is 149 Å². The third-order valence-electron chi connectivity index (χ3n) is 3.45. The Morgan fingerprint density at radius 3 is 2.08 bits per heavy atom. The van der Waals surface area contributed by atoms with Crippen molar-refractivity contribution in [3.8, 4) is 0 Å². The topological polar surface area (TPSA) is 112 Å². The molecule has 0 saturated heterocycles. The molecule has 0 aliphatic rings. The smallest absolute Gasteiger partial charge is 0.335 e. The second-order valence-electron chi connectivity index (χ2n) is 5.69. The van der Waals surface area contributed by atoms with Crippen LogP contribution in [0.3, 0.4) is 0 Å². The summed E-state index contributed by atoms with van der Waals surface area (Å²) in [6.07, 6.45) is 0.704. The first-order chi connectivity index (χ1) is 11.9. The van der Waals surface area contributed by atoms with Gasteiger partial charge in [-0.1, -0.05) is 26.7 Å². The fraction of sp³-hybridized carbons (Fsp3) is 0.882. The van der Waals surface area contributed by atoms with Crippen molar-refractivity contribution >= 4 is 11.9 Å². The third-order valence-corrected chi connectivity index (χ3v) is 3.45. The molecule has 0 aromatic rings. The number of carboxylic acid groups (broad SMARTS) is 2. The molecule has 2 N–H and O–H groups in total. The molecule has 0 aromatic heterocycles. The standard InChI is InChI=1S/C17H32O8/c1-4-6-8-22-10-11-24-16(17(20)21)15(23-9-7-5-2)13(3)25-12-14(18)19/h13,15-16H,4-12H2,1-3H3,(H,18,19)(H,20,21). The molecule has 0 fully saturated rings. The van der Waals surface area contributed by atoms with Gasteiger partial charge in [-0.2, -0.15) is 0 Å². The predicted molar refractivity (Wildman–Crippen MR) is 90.8 cm³/mol. The van der Waals surface area contributed by atoms with Gasteiger partial charge >= 0.3 is 11.9 Å². The summed E-state index contributed by atoms with van der Waals surface area (Å²) in [7, 11) is 0. The van der Waals surface area contributed by atoms with Gasteiger partial charge in [0.15, 0.2) is 6.10 Å². The third kappa shape index (κ3) is 11.9. The lowest BCUT2D eigenvalue weighted by atomic mass is 10.1. The van der Waals surface area contributed by atoms with Crippen LogP contribution in [0, 0.1) is 0 Å². The maximum absolute atomic E-state index is 11.6. The lowest BCUT2D eigenvalue weighted by Crippen LogP contribution is -2.46. The van der Waals surface area contributed by atoms with Crippen molar-refractivity contribution in [3.63, 3.8) is 0 Å². The van der Waals surface area contributed by atoms with Gasteiger partial charge in [-0.15, -0.1) is 0 Å².